The summed E-state index contributed by atoms with van der Waals surface area (Å²) in [5.41, 5.74) is 2.82. The molecule has 0 unspecified atom stereocenters. The van der Waals surface area contributed by atoms with Gasteiger partial charge in [0, 0.05) is 18.1 Å². The van der Waals surface area contributed by atoms with Gasteiger partial charge < -0.3 is 10.2 Å². The SMILES string of the molecule is Cc1[nH+]c(CO)c(CCl)c(C)c1O. The van der Waals surface area contributed by atoms with Gasteiger partial charge in [-0.25, -0.2) is 4.98 Å². The summed E-state index contributed by atoms with van der Waals surface area (Å²) in [5, 5.41) is 18.6. The van der Waals surface area contributed by atoms with Crippen LogP contribution in [0.3, 0.4) is 0 Å². The Morgan fingerprint density at radius 1 is 1.38 bits per heavy atom. The Morgan fingerprint density at radius 2 is 2.00 bits per heavy atom. The van der Waals surface area contributed by atoms with Crippen LogP contribution >= 0.6 is 11.6 Å². The lowest BCUT2D eigenvalue weighted by atomic mass is 10.1. The molecule has 3 N–H and O–H groups in total. The highest BCUT2D eigenvalue weighted by Gasteiger charge is 2.18. The normalized spacial score (nSPS) is 10.5. The lowest BCUT2D eigenvalue weighted by molar-refractivity contribution is -0.405. The molecule has 0 aromatic carbocycles. The summed E-state index contributed by atoms with van der Waals surface area (Å²) < 4.78 is 0. The molecule has 1 aromatic heterocycles. The molecule has 72 valence electrons. The van der Waals surface area contributed by atoms with E-state index in [0.717, 1.165) is 11.1 Å². The van der Waals surface area contributed by atoms with Gasteiger partial charge >= 0.3 is 0 Å². The molecule has 4 heteroatoms. The van der Waals surface area contributed by atoms with Crippen molar-refractivity contribution >= 4 is 11.6 Å². The van der Waals surface area contributed by atoms with Crippen LogP contribution in [0.2, 0.25) is 0 Å². The highest BCUT2D eigenvalue weighted by molar-refractivity contribution is 6.17. The molecule has 0 saturated heterocycles. The van der Waals surface area contributed by atoms with E-state index in [0.29, 0.717) is 11.4 Å². The second-order valence-corrected chi connectivity index (χ2v) is 3.24. The first-order valence-electron chi connectivity index (χ1n) is 4.01. The van der Waals surface area contributed by atoms with Crippen molar-refractivity contribution < 1.29 is 15.2 Å². The molecule has 0 fully saturated rings. The molecule has 13 heavy (non-hydrogen) atoms. The maximum absolute atomic E-state index is 9.57. The number of H-pyrrole nitrogens is 1. The molecule has 0 aliphatic rings. The molecule has 3 nitrogen and oxygen atoms in total. The van der Waals surface area contributed by atoms with Gasteiger partial charge in [0.2, 0.25) is 11.4 Å². The highest BCUT2D eigenvalue weighted by atomic mass is 35.5. The van der Waals surface area contributed by atoms with E-state index in [1.807, 2.05) is 0 Å². The summed E-state index contributed by atoms with van der Waals surface area (Å²) in [6, 6.07) is 0. The van der Waals surface area contributed by atoms with E-state index in [9.17, 15) is 5.11 Å². The van der Waals surface area contributed by atoms with Gasteiger partial charge in [-0.15, -0.1) is 11.6 Å². The number of aromatic amines is 1. The lowest BCUT2D eigenvalue weighted by Gasteiger charge is -2.05. The van der Waals surface area contributed by atoms with Crippen molar-refractivity contribution in [2.45, 2.75) is 26.3 Å². The van der Waals surface area contributed by atoms with Gasteiger partial charge in [-0.3, -0.25) is 0 Å². The molecule has 1 rings (SSSR count). The molecule has 0 saturated carbocycles. The Kier molecular flexibility index (Phi) is 3.12. The number of hydrogen-bond donors (Lipinski definition) is 2. The number of aromatic hydroxyl groups is 1. The number of rotatable bonds is 2. The molecule has 0 aliphatic heterocycles. The summed E-state index contributed by atoms with van der Waals surface area (Å²) in [6.07, 6.45) is 0. The minimum Gasteiger partial charge on any atom is -0.502 e. The van der Waals surface area contributed by atoms with Crippen molar-refractivity contribution in [3.8, 4) is 5.75 Å². The maximum Gasteiger partial charge on any atom is 0.219 e. The predicted octanol–water partition coefficient (Wildman–Crippen LogP) is 1.05. The van der Waals surface area contributed by atoms with Crippen LogP contribution in [-0.2, 0) is 12.5 Å². The Balaban J connectivity index is 3.39. The van der Waals surface area contributed by atoms with E-state index >= 15 is 0 Å². The molecule has 0 amide bonds. The number of hydrogen-bond acceptors (Lipinski definition) is 2. The van der Waals surface area contributed by atoms with E-state index in [1.54, 1.807) is 13.8 Å². The number of halogens is 1. The molecule has 1 aromatic rings. The Morgan fingerprint density at radius 3 is 2.46 bits per heavy atom. The van der Waals surface area contributed by atoms with E-state index in [1.165, 1.54) is 0 Å². The van der Waals surface area contributed by atoms with Crippen molar-refractivity contribution in [3.63, 3.8) is 0 Å². The third-order valence-corrected chi connectivity index (χ3v) is 2.42. The van der Waals surface area contributed by atoms with Gasteiger partial charge in [-0.1, -0.05) is 0 Å². The largest absolute Gasteiger partial charge is 0.502 e. The van der Waals surface area contributed by atoms with Crippen LogP contribution in [-0.4, -0.2) is 10.2 Å². The number of aliphatic hydroxyl groups is 1. The lowest BCUT2D eigenvalue weighted by Crippen LogP contribution is -2.19. The standard InChI is InChI=1S/C9H12ClNO2/c1-5-7(3-10)8(4-12)11-6(2)9(5)13/h12-13H,3-4H2,1-2H3/p+1. The molecule has 0 atom stereocenters. The molecule has 0 spiro atoms. The molecule has 0 radical (unpaired) electrons. The monoisotopic (exact) mass is 202 g/mol. The van der Waals surface area contributed by atoms with Crippen molar-refractivity contribution in [3.05, 3.63) is 22.5 Å². The smallest absolute Gasteiger partial charge is 0.219 e. The maximum atomic E-state index is 9.57. The summed E-state index contributed by atoms with van der Waals surface area (Å²) in [4.78, 5) is 2.90. The number of aliphatic hydroxyl groups excluding tert-OH is 1. The van der Waals surface area contributed by atoms with Crippen molar-refractivity contribution in [2.24, 2.45) is 0 Å². The Labute approximate surface area is 82.0 Å². The number of pyridine rings is 1. The first kappa shape index (κ1) is 10.3. The fraction of sp³-hybridized carbons (Fsp3) is 0.444. The van der Waals surface area contributed by atoms with Crippen molar-refractivity contribution in [2.75, 3.05) is 0 Å². The van der Waals surface area contributed by atoms with E-state index in [-0.39, 0.29) is 18.2 Å². The zero-order chi connectivity index (χ0) is 10.0. The fourth-order valence-corrected chi connectivity index (χ4v) is 1.69. The summed E-state index contributed by atoms with van der Waals surface area (Å²) >= 11 is 5.70. The van der Waals surface area contributed by atoms with Crippen LogP contribution in [0.4, 0.5) is 0 Å². The minimum absolute atomic E-state index is 0.0932. The zero-order valence-electron chi connectivity index (χ0n) is 7.69. The van der Waals surface area contributed by atoms with E-state index < -0.39 is 0 Å². The van der Waals surface area contributed by atoms with Crippen molar-refractivity contribution in [1.29, 1.82) is 0 Å². The summed E-state index contributed by atoms with van der Waals surface area (Å²) in [6.45, 7) is 3.44. The van der Waals surface area contributed by atoms with Gasteiger partial charge in [-0.05, 0) is 6.92 Å². The Bertz CT molecular complexity index is 326. The van der Waals surface area contributed by atoms with Gasteiger partial charge in [0.1, 0.15) is 6.61 Å². The number of nitrogens with one attached hydrogen (secondary N) is 1. The second kappa shape index (κ2) is 3.94. The topological polar surface area (TPSA) is 54.6 Å². The quantitative estimate of drug-likeness (QED) is 0.705. The minimum atomic E-state index is -0.0932. The van der Waals surface area contributed by atoms with Gasteiger partial charge in [0.05, 0.1) is 5.88 Å². The average Bonchev–Trinajstić information content (AvgIpc) is 2.13. The molecular weight excluding hydrogens is 190 g/mol. The number of aromatic nitrogens is 1. The first-order chi connectivity index (χ1) is 6.11. The molecule has 0 aliphatic carbocycles. The van der Waals surface area contributed by atoms with Crippen LogP contribution in [0.15, 0.2) is 0 Å². The van der Waals surface area contributed by atoms with E-state index in [4.69, 9.17) is 16.7 Å². The summed E-state index contributed by atoms with van der Waals surface area (Å²) in [5.74, 6) is 0.499. The van der Waals surface area contributed by atoms with Crippen LogP contribution in [0.25, 0.3) is 0 Å². The zero-order valence-corrected chi connectivity index (χ0v) is 8.44. The van der Waals surface area contributed by atoms with Crippen molar-refractivity contribution in [1.82, 2.24) is 0 Å². The Hall–Kier alpha value is -0.800. The second-order valence-electron chi connectivity index (χ2n) is 2.97. The molecule has 0 bridgehead atoms. The molecular formula is C9H13ClNO2+. The van der Waals surface area contributed by atoms with Crippen LogP contribution < -0.4 is 4.98 Å². The summed E-state index contributed by atoms with van der Waals surface area (Å²) in [7, 11) is 0. The van der Waals surface area contributed by atoms with Crippen LogP contribution in [0.1, 0.15) is 22.5 Å². The molecule has 1 heterocycles. The third-order valence-electron chi connectivity index (χ3n) is 2.16. The van der Waals surface area contributed by atoms with E-state index in [2.05, 4.69) is 4.98 Å². The first-order valence-corrected chi connectivity index (χ1v) is 4.55. The fourth-order valence-electron chi connectivity index (χ4n) is 1.33. The third kappa shape index (κ3) is 1.76. The van der Waals surface area contributed by atoms with Gasteiger partial charge in [0.15, 0.2) is 5.75 Å². The van der Waals surface area contributed by atoms with Crippen LogP contribution in [0, 0.1) is 13.8 Å². The number of alkyl halides is 1. The van der Waals surface area contributed by atoms with Crippen LogP contribution in [0.5, 0.6) is 5.75 Å². The highest BCUT2D eigenvalue weighted by Crippen LogP contribution is 2.24. The number of aryl methyl sites for hydroxylation is 1. The van der Waals surface area contributed by atoms with Gasteiger partial charge in [0.25, 0.3) is 0 Å². The predicted molar refractivity (Wildman–Crippen MR) is 49.6 cm³/mol. The average molecular weight is 203 g/mol. The van der Waals surface area contributed by atoms with Gasteiger partial charge in [-0.2, -0.15) is 0 Å².